The molecular weight excluding hydrogens is 274 g/mol. The molecule has 1 aliphatic rings. The zero-order valence-electron chi connectivity index (χ0n) is 11.8. The van der Waals surface area contributed by atoms with Crippen molar-refractivity contribution >= 4 is 29.0 Å². The number of piperazine rings is 1. The lowest BCUT2D eigenvalue weighted by Crippen LogP contribution is -2.44. The van der Waals surface area contributed by atoms with E-state index < -0.39 is 0 Å². The van der Waals surface area contributed by atoms with E-state index in [4.69, 9.17) is 0 Å². The molecule has 1 N–H and O–H groups in total. The normalized spacial score (nSPS) is 16.2. The van der Waals surface area contributed by atoms with Crippen molar-refractivity contribution in [2.45, 2.75) is 6.92 Å². The van der Waals surface area contributed by atoms with Crippen LogP contribution in [0.15, 0.2) is 24.3 Å². The van der Waals surface area contributed by atoms with Crippen LogP contribution in [-0.2, 0) is 0 Å². The summed E-state index contributed by atoms with van der Waals surface area (Å²) >= 11 is 0. The fraction of sp³-hybridized carbons (Fsp3) is 0.400. The summed E-state index contributed by atoms with van der Waals surface area (Å²) in [5.41, 5.74) is 2.84. The van der Waals surface area contributed by atoms with Crippen LogP contribution in [0.4, 0.5) is 5.69 Å². The predicted molar refractivity (Wildman–Crippen MR) is 85.1 cm³/mol. The second kappa shape index (κ2) is 5.85. The number of likely N-dealkylation sites (N-methyl/N-ethyl adjacent to an activating group) is 1. The molecule has 2 aromatic rings. The quantitative estimate of drug-likeness (QED) is 0.876. The first-order valence-corrected chi connectivity index (χ1v) is 6.68. The highest BCUT2D eigenvalue weighted by Gasteiger charge is 2.17. The van der Waals surface area contributed by atoms with Crippen molar-refractivity contribution in [1.29, 1.82) is 0 Å². The van der Waals surface area contributed by atoms with Gasteiger partial charge >= 0.3 is 0 Å². The predicted octanol–water partition coefficient (Wildman–Crippen LogP) is 2.42. The van der Waals surface area contributed by atoms with Gasteiger partial charge in [0, 0.05) is 42.9 Å². The molecule has 0 radical (unpaired) electrons. The Balaban J connectivity index is 0.00000147. The van der Waals surface area contributed by atoms with Crippen molar-refractivity contribution < 1.29 is 5.11 Å². The number of phenols is 1. The Morgan fingerprint density at radius 2 is 1.85 bits per heavy atom. The van der Waals surface area contributed by atoms with Gasteiger partial charge in [-0.15, -0.1) is 12.4 Å². The van der Waals surface area contributed by atoms with E-state index >= 15 is 0 Å². The van der Waals surface area contributed by atoms with Crippen molar-refractivity contribution in [1.82, 2.24) is 9.88 Å². The van der Waals surface area contributed by atoms with Gasteiger partial charge in [-0.2, -0.15) is 0 Å². The first-order valence-electron chi connectivity index (χ1n) is 6.68. The zero-order chi connectivity index (χ0) is 13.4. The number of phenolic OH excluding ortho intramolecular Hbond substituents is 1. The molecule has 3 rings (SSSR count). The van der Waals surface area contributed by atoms with Crippen LogP contribution in [0.5, 0.6) is 5.75 Å². The zero-order valence-corrected chi connectivity index (χ0v) is 12.7. The second-order valence-corrected chi connectivity index (χ2v) is 5.25. The van der Waals surface area contributed by atoms with Crippen molar-refractivity contribution in [2.75, 3.05) is 38.1 Å². The monoisotopic (exact) mass is 293 g/mol. The number of benzene rings is 1. The van der Waals surface area contributed by atoms with Crippen LogP contribution in [-0.4, -0.2) is 48.2 Å². The van der Waals surface area contributed by atoms with E-state index in [0.717, 1.165) is 37.3 Å². The maximum Gasteiger partial charge on any atom is 0.141 e. The standard InChI is InChI=1S/C15H19N3O.ClH/c1-11-10-13(18-8-6-17(2)7-9-18)12-4-3-5-14(19)15(12)16-11;/h3-5,10,19H,6-9H2,1-2H3;1H. The summed E-state index contributed by atoms with van der Waals surface area (Å²) < 4.78 is 0. The molecule has 108 valence electrons. The van der Waals surface area contributed by atoms with Gasteiger partial charge in [-0.05, 0) is 26.1 Å². The SMILES string of the molecule is Cc1cc(N2CCN(C)CC2)c2cccc(O)c2n1.Cl. The van der Waals surface area contributed by atoms with Crippen LogP contribution in [0, 0.1) is 6.92 Å². The van der Waals surface area contributed by atoms with E-state index in [9.17, 15) is 5.11 Å². The Morgan fingerprint density at radius 1 is 1.15 bits per heavy atom. The van der Waals surface area contributed by atoms with Crippen LogP contribution < -0.4 is 4.90 Å². The summed E-state index contributed by atoms with van der Waals surface area (Å²) in [6, 6.07) is 7.74. The van der Waals surface area contributed by atoms with Gasteiger partial charge in [0.1, 0.15) is 11.3 Å². The highest BCUT2D eigenvalue weighted by atomic mass is 35.5. The molecule has 0 unspecified atom stereocenters. The van der Waals surface area contributed by atoms with E-state index in [0.29, 0.717) is 5.52 Å². The molecule has 1 aromatic heterocycles. The number of aromatic nitrogens is 1. The molecule has 1 saturated heterocycles. The van der Waals surface area contributed by atoms with Crippen molar-refractivity contribution in [2.24, 2.45) is 0 Å². The van der Waals surface area contributed by atoms with E-state index in [-0.39, 0.29) is 18.2 Å². The van der Waals surface area contributed by atoms with Gasteiger partial charge in [0.05, 0.1) is 0 Å². The van der Waals surface area contributed by atoms with Crippen LogP contribution in [0.1, 0.15) is 5.69 Å². The highest BCUT2D eigenvalue weighted by molar-refractivity contribution is 5.95. The number of nitrogens with zero attached hydrogens (tertiary/aromatic N) is 3. The topological polar surface area (TPSA) is 39.6 Å². The number of aryl methyl sites for hydroxylation is 1. The summed E-state index contributed by atoms with van der Waals surface area (Å²) in [6.45, 7) is 6.16. The van der Waals surface area contributed by atoms with E-state index in [1.807, 2.05) is 19.1 Å². The lowest BCUT2D eigenvalue weighted by Gasteiger charge is -2.34. The summed E-state index contributed by atoms with van der Waals surface area (Å²) in [5, 5.41) is 11.0. The molecule has 2 heterocycles. The molecule has 0 bridgehead atoms. The number of hydrogen-bond acceptors (Lipinski definition) is 4. The third-order valence-electron chi connectivity index (χ3n) is 3.77. The summed E-state index contributed by atoms with van der Waals surface area (Å²) in [7, 11) is 2.15. The van der Waals surface area contributed by atoms with Gasteiger partial charge in [0.2, 0.25) is 0 Å². The van der Waals surface area contributed by atoms with Gasteiger partial charge in [-0.3, -0.25) is 0 Å². The maximum absolute atomic E-state index is 9.97. The molecule has 0 saturated carbocycles. The van der Waals surface area contributed by atoms with E-state index in [1.54, 1.807) is 6.07 Å². The highest BCUT2D eigenvalue weighted by Crippen LogP contribution is 2.31. The van der Waals surface area contributed by atoms with Crippen LogP contribution in [0.2, 0.25) is 0 Å². The van der Waals surface area contributed by atoms with E-state index in [1.165, 1.54) is 5.69 Å². The molecule has 5 heteroatoms. The first-order chi connectivity index (χ1) is 9.15. The van der Waals surface area contributed by atoms with Gasteiger partial charge < -0.3 is 14.9 Å². The summed E-state index contributed by atoms with van der Waals surface area (Å²) in [4.78, 5) is 9.18. The van der Waals surface area contributed by atoms with Crippen molar-refractivity contribution in [3.63, 3.8) is 0 Å². The molecule has 20 heavy (non-hydrogen) atoms. The number of halogens is 1. The summed E-state index contributed by atoms with van der Waals surface area (Å²) in [5.74, 6) is 0.261. The number of fused-ring (bicyclic) bond motifs is 1. The first kappa shape index (κ1) is 14.9. The van der Waals surface area contributed by atoms with Gasteiger partial charge in [-0.1, -0.05) is 12.1 Å². The van der Waals surface area contributed by atoms with Gasteiger partial charge in [0.15, 0.2) is 0 Å². The second-order valence-electron chi connectivity index (χ2n) is 5.25. The molecule has 1 fully saturated rings. The van der Waals surface area contributed by atoms with Gasteiger partial charge in [0.25, 0.3) is 0 Å². The van der Waals surface area contributed by atoms with Crippen LogP contribution >= 0.6 is 12.4 Å². The number of aromatic hydroxyl groups is 1. The number of rotatable bonds is 1. The Kier molecular flexibility index (Phi) is 4.35. The maximum atomic E-state index is 9.97. The third-order valence-corrected chi connectivity index (χ3v) is 3.77. The minimum atomic E-state index is 0. The third kappa shape index (κ3) is 2.67. The van der Waals surface area contributed by atoms with E-state index in [2.05, 4.69) is 27.9 Å². The molecule has 0 spiro atoms. The van der Waals surface area contributed by atoms with Crippen LogP contribution in [0.3, 0.4) is 0 Å². The van der Waals surface area contributed by atoms with Crippen molar-refractivity contribution in [3.8, 4) is 5.75 Å². The fourth-order valence-corrected chi connectivity index (χ4v) is 2.65. The number of hydrogen-bond donors (Lipinski definition) is 1. The minimum Gasteiger partial charge on any atom is -0.506 e. The Morgan fingerprint density at radius 3 is 2.55 bits per heavy atom. The van der Waals surface area contributed by atoms with Crippen LogP contribution in [0.25, 0.3) is 10.9 Å². The number of para-hydroxylation sites is 1. The minimum absolute atomic E-state index is 0. The molecule has 0 amide bonds. The van der Waals surface area contributed by atoms with Crippen molar-refractivity contribution in [3.05, 3.63) is 30.0 Å². The lowest BCUT2D eigenvalue weighted by molar-refractivity contribution is 0.313. The molecule has 4 nitrogen and oxygen atoms in total. The average Bonchev–Trinajstić information content (AvgIpc) is 2.40. The molecule has 0 aliphatic carbocycles. The largest absolute Gasteiger partial charge is 0.506 e. The number of anilines is 1. The smallest absolute Gasteiger partial charge is 0.141 e. The molecule has 1 aromatic carbocycles. The lowest BCUT2D eigenvalue weighted by atomic mass is 10.1. The average molecular weight is 294 g/mol. The fourth-order valence-electron chi connectivity index (χ4n) is 2.65. The summed E-state index contributed by atoms with van der Waals surface area (Å²) in [6.07, 6.45) is 0. The number of pyridine rings is 1. The molecular formula is C15H20ClN3O. The Hall–Kier alpha value is -1.52. The Labute approximate surface area is 125 Å². The van der Waals surface area contributed by atoms with Gasteiger partial charge in [-0.25, -0.2) is 4.98 Å². The molecule has 1 aliphatic heterocycles. The molecule has 0 atom stereocenters. The Bertz CT molecular complexity index is 609.